The molecule has 29 heavy (non-hydrogen) atoms. The van der Waals surface area contributed by atoms with E-state index >= 15 is 0 Å². The SMILES string of the molecule is COc1ccc([C@@H]2CCCN2C(=O)C[C@H](NC(N)=O)c2ccccc2)c(OC)c1. The number of nitrogens with two attached hydrogens (primary N) is 1. The first-order chi connectivity index (χ1) is 14.0. The van der Waals surface area contributed by atoms with Crippen molar-refractivity contribution >= 4 is 11.9 Å². The largest absolute Gasteiger partial charge is 0.497 e. The van der Waals surface area contributed by atoms with Gasteiger partial charge in [-0.3, -0.25) is 4.79 Å². The third kappa shape index (κ3) is 4.80. The highest BCUT2D eigenvalue weighted by atomic mass is 16.5. The van der Waals surface area contributed by atoms with E-state index in [1.807, 2.05) is 53.4 Å². The van der Waals surface area contributed by atoms with Gasteiger partial charge in [0.2, 0.25) is 5.91 Å². The summed E-state index contributed by atoms with van der Waals surface area (Å²) in [7, 11) is 3.22. The summed E-state index contributed by atoms with van der Waals surface area (Å²) in [6.07, 6.45) is 1.90. The van der Waals surface area contributed by atoms with Crippen molar-refractivity contribution in [3.63, 3.8) is 0 Å². The highest BCUT2D eigenvalue weighted by Crippen LogP contribution is 2.39. The van der Waals surface area contributed by atoms with Gasteiger partial charge in [0.25, 0.3) is 0 Å². The molecule has 1 aliphatic heterocycles. The third-order valence-corrected chi connectivity index (χ3v) is 5.27. The molecule has 2 aromatic carbocycles. The number of rotatable bonds is 7. The summed E-state index contributed by atoms with van der Waals surface area (Å²) >= 11 is 0. The van der Waals surface area contributed by atoms with Gasteiger partial charge in [0.05, 0.1) is 32.7 Å². The van der Waals surface area contributed by atoms with E-state index < -0.39 is 12.1 Å². The summed E-state index contributed by atoms with van der Waals surface area (Å²) in [4.78, 5) is 26.5. The summed E-state index contributed by atoms with van der Waals surface area (Å²) in [5, 5.41) is 2.69. The summed E-state index contributed by atoms with van der Waals surface area (Å²) in [6.45, 7) is 0.663. The molecule has 1 fully saturated rings. The summed E-state index contributed by atoms with van der Waals surface area (Å²) in [5.41, 5.74) is 7.14. The predicted octanol–water partition coefficient (Wildman–Crippen LogP) is 3.17. The van der Waals surface area contributed by atoms with Gasteiger partial charge in [0, 0.05) is 18.2 Å². The number of nitrogens with one attached hydrogen (secondary N) is 1. The molecule has 0 aromatic heterocycles. The van der Waals surface area contributed by atoms with Crippen molar-refractivity contribution in [2.24, 2.45) is 5.73 Å². The van der Waals surface area contributed by atoms with Crippen LogP contribution in [0.25, 0.3) is 0 Å². The van der Waals surface area contributed by atoms with Gasteiger partial charge in [0.1, 0.15) is 11.5 Å². The van der Waals surface area contributed by atoms with Crippen LogP contribution in [0.15, 0.2) is 48.5 Å². The van der Waals surface area contributed by atoms with Gasteiger partial charge in [-0.05, 0) is 30.5 Å². The second kappa shape index (κ2) is 9.32. The Morgan fingerprint density at radius 3 is 2.59 bits per heavy atom. The second-order valence-electron chi connectivity index (χ2n) is 7.03. The smallest absolute Gasteiger partial charge is 0.312 e. The molecule has 154 valence electrons. The molecular weight excluding hydrogens is 370 g/mol. The van der Waals surface area contributed by atoms with Gasteiger partial charge in [0.15, 0.2) is 0 Å². The Morgan fingerprint density at radius 1 is 1.17 bits per heavy atom. The minimum absolute atomic E-state index is 0.0343. The van der Waals surface area contributed by atoms with Crippen LogP contribution in [0.3, 0.4) is 0 Å². The van der Waals surface area contributed by atoms with Crippen LogP contribution in [0.1, 0.15) is 42.5 Å². The molecule has 0 bridgehead atoms. The Morgan fingerprint density at radius 2 is 1.93 bits per heavy atom. The lowest BCUT2D eigenvalue weighted by Crippen LogP contribution is -2.38. The molecular formula is C22H27N3O4. The van der Waals surface area contributed by atoms with Crippen molar-refractivity contribution < 1.29 is 19.1 Å². The predicted molar refractivity (Wildman–Crippen MR) is 110 cm³/mol. The topological polar surface area (TPSA) is 93.9 Å². The average Bonchev–Trinajstić information content (AvgIpc) is 3.22. The van der Waals surface area contributed by atoms with Crippen molar-refractivity contribution in [2.45, 2.75) is 31.3 Å². The molecule has 1 saturated heterocycles. The van der Waals surface area contributed by atoms with Gasteiger partial charge in [-0.25, -0.2) is 4.79 Å². The number of ether oxygens (including phenoxy) is 2. The third-order valence-electron chi connectivity index (χ3n) is 5.27. The van der Waals surface area contributed by atoms with Crippen LogP contribution in [-0.4, -0.2) is 37.6 Å². The Labute approximate surface area is 170 Å². The molecule has 0 saturated carbocycles. The maximum atomic E-state index is 13.2. The van der Waals surface area contributed by atoms with Crippen molar-refractivity contribution in [3.05, 3.63) is 59.7 Å². The van der Waals surface area contributed by atoms with Crippen LogP contribution in [0.5, 0.6) is 11.5 Å². The van der Waals surface area contributed by atoms with Crippen LogP contribution < -0.4 is 20.5 Å². The average molecular weight is 397 g/mol. The molecule has 7 nitrogen and oxygen atoms in total. The molecule has 0 aliphatic carbocycles. The number of carbonyl (C=O) groups is 2. The van der Waals surface area contributed by atoms with Gasteiger partial charge >= 0.3 is 6.03 Å². The zero-order valence-corrected chi connectivity index (χ0v) is 16.8. The fraction of sp³-hybridized carbons (Fsp3) is 0.364. The van der Waals surface area contributed by atoms with E-state index in [4.69, 9.17) is 15.2 Å². The van der Waals surface area contributed by atoms with Gasteiger partial charge < -0.3 is 25.4 Å². The standard InChI is InChI=1S/C22H27N3O4/c1-28-16-10-11-17(20(13-16)29-2)19-9-6-12-25(19)21(26)14-18(24-22(23)27)15-7-4-3-5-8-15/h3-5,7-8,10-11,13,18-19H,6,9,12,14H2,1-2H3,(H3,23,24,27)/t18-,19-/m0/s1. The Hall–Kier alpha value is -3.22. The van der Waals surface area contributed by atoms with E-state index in [-0.39, 0.29) is 18.4 Å². The first kappa shape index (κ1) is 20.5. The molecule has 1 aliphatic rings. The number of likely N-dealkylation sites (tertiary alicyclic amines) is 1. The highest BCUT2D eigenvalue weighted by molar-refractivity contribution is 5.79. The molecule has 2 aromatic rings. The van der Waals surface area contributed by atoms with Crippen LogP contribution in [-0.2, 0) is 4.79 Å². The van der Waals surface area contributed by atoms with Crippen molar-refractivity contribution in [2.75, 3.05) is 20.8 Å². The summed E-state index contributed by atoms with van der Waals surface area (Å²) < 4.78 is 10.8. The highest BCUT2D eigenvalue weighted by Gasteiger charge is 2.33. The number of benzene rings is 2. The molecule has 3 rings (SSSR count). The first-order valence-electron chi connectivity index (χ1n) is 9.65. The fourth-order valence-electron chi connectivity index (χ4n) is 3.88. The summed E-state index contributed by atoms with van der Waals surface area (Å²) in [5.74, 6) is 1.37. The molecule has 2 atom stereocenters. The van der Waals surface area contributed by atoms with E-state index in [0.717, 1.165) is 24.0 Å². The number of methoxy groups -OCH3 is 2. The minimum Gasteiger partial charge on any atom is -0.497 e. The number of amides is 3. The lowest BCUT2D eigenvalue weighted by Gasteiger charge is -2.28. The van der Waals surface area contributed by atoms with E-state index in [1.165, 1.54) is 0 Å². The quantitative estimate of drug-likeness (QED) is 0.750. The zero-order chi connectivity index (χ0) is 20.8. The lowest BCUT2D eigenvalue weighted by atomic mass is 10.0. The van der Waals surface area contributed by atoms with Crippen LogP contribution >= 0.6 is 0 Å². The Bertz CT molecular complexity index is 856. The molecule has 3 amide bonds. The van der Waals surface area contributed by atoms with Crippen LogP contribution in [0, 0.1) is 0 Å². The van der Waals surface area contributed by atoms with E-state index in [2.05, 4.69) is 5.32 Å². The normalized spacial score (nSPS) is 16.9. The Kier molecular flexibility index (Phi) is 6.59. The number of hydrogen-bond donors (Lipinski definition) is 2. The zero-order valence-electron chi connectivity index (χ0n) is 16.8. The van der Waals surface area contributed by atoms with E-state index in [0.29, 0.717) is 18.0 Å². The van der Waals surface area contributed by atoms with Crippen LogP contribution in [0.2, 0.25) is 0 Å². The van der Waals surface area contributed by atoms with Gasteiger partial charge in [-0.2, -0.15) is 0 Å². The Balaban J connectivity index is 1.81. The van der Waals surface area contributed by atoms with Crippen molar-refractivity contribution in [1.82, 2.24) is 10.2 Å². The molecule has 1 heterocycles. The maximum absolute atomic E-state index is 13.2. The monoisotopic (exact) mass is 397 g/mol. The molecule has 3 N–H and O–H groups in total. The number of urea groups is 1. The second-order valence-corrected chi connectivity index (χ2v) is 7.03. The van der Waals surface area contributed by atoms with E-state index in [1.54, 1.807) is 14.2 Å². The number of nitrogens with zero attached hydrogens (tertiary/aromatic N) is 1. The summed E-state index contributed by atoms with van der Waals surface area (Å²) in [6, 6.07) is 13.8. The molecule has 7 heteroatoms. The number of carbonyl (C=O) groups excluding carboxylic acids is 2. The minimum atomic E-state index is -0.651. The lowest BCUT2D eigenvalue weighted by molar-refractivity contribution is -0.132. The van der Waals surface area contributed by atoms with Gasteiger partial charge in [-0.1, -0.05) is 30.3 Å². The molecule has 0 radical (unpaired) electrons. The van der Waals surface area contributed by atoms with Gasteiger partial charge in [-0.15, -0.1) is 0 Å². The van der Waals surface area contributed by atoms with E-state index in [9.17, 15) is 9.59 Å². The van der Waals surface area contributed by atoms with Crippen LogP contribution in [0.4, 0.5) is 4.79 Å². The fourth-order valence-corrected chi connectivity index (χ4v) is 3.88. The maximum Gasteiger partial charge on any atom is 0.312 e. The molecule has 0 spiro atoms. The van der Waals surface area contributed by atoms with Crippen molar-refractivity contribution in [3.8, 4) is 11.5 Å². The number of primary amides is 1. The first-order valence-corrected chi connectivity index (χ1v) is 9.65. The van der Waals surface area contributed by atoms with Crippen molar-refractivity contribution in [1.29, 1.82) is 0 Å². The number of hydrogen-bond acceptors (Lipinski definition) is 4. The molecule has 0 unspecified atom stereocenters.